The van der Waals surface area contributed by atoms with E-state index in [0.717, 1.165) is 16.5 Å². The second-order valence-electron chi connectivity index (χ2n) is 10.0. The third-order valence-electron chi connectivity index (χ3n) is 6.77. The number of fused-ring (bicyclic) bond motifs is 3. The Morgan fingerprint density at radius 2 is 2.02 bits per heavy atom. The van der Waals surface area contributed by atoms with E-state index in [1.54, 1.807) is 20.0 Å². The summed E-state index contributed by atoms with van der Waals surface area (Å²) in [5, 5.41) is 0.965. The van der Waals surface area contributed by atoms with Gasteiger partial charge in [-0.25, -0.2) is 9.71 Å². The third-order valence-corrected chi connectivity index (χ3v) is 7.70. The number of carbonyl (C=O) groups is 1. The maximum atomic E-state index is 12.6. The number of nitrogens with zero attached hydrogens (tertiary/aromatic N) is 3. The third kappa shape index (κ3) is 4.95. The molecular weight excluding hydrogens is 546 g/mol. The Kier molecular flexibility index (Phi) is 6.38. The molecule has 4 aromatic rings. The van der Waals surface area contributed by atoms with E-state index < -0.39 is 58.7 Å². The number of hydrogen-bond acceptors (Lipinski definition) is 11. The van der Waals surface area contributed by atoms with E-state index in [0.29, 0.717) is 6.42 Å². The van der Waals surface area contributed by atoms with Gasteiger partial charge in [0.2, 0.25) is 11.9 Å². The highest BCUT2D eigenvalue weighted by Crippen LogP contribution is 2.43. The van der Waals surface area contributed by atoms with E-state index in [4.69, 9.17) is 24.1 Å². The number of imidazole rings is 1. The van der Waals surface area contributed by atoms with Crippen molar-refractivity contribution in [3.8, 4) is 0 Å². The summed E-state index contributed by atoms with van der Waals surface area (Å²) in [4.78, 5) is 38.4. The Morgan fingerprint density at radius 3 is 2.85 bits per heavy atom. The molecular formula is C24H27N7O8S. The number of ether oxygens (including phenoxy) is 3. The molecule has 1 aromatic carbocycles. The van der Waals surface area contributed by atoms with Gasteiger partial charge in [-0.15, -0.1) is 0 Å². The molecule has 2 aliphatic rings. The van der Waals surface area contributed by atoms with Gasteiger partial charge in [0, 0.05) is 23.5 Å². The van der Waals surface area contributed by atoms with Crippen LogP contribution in [0.5, 0.6) is 0 Å². The van der Waals surface area contributed by atoms with Crippen LogP contribution in [-0.4, -0.2) is 69.5 Å². The van der Waals surface area contributed by atoms with E-state index in [2.05, 4.69) is 19.9 Å². The lowest BCUT2D eigenvalue weighted by atomic mass is 10.1. The predicted molar refractivity (Wildman–Crippen MR) is 140 cm³/mol. The van der Waals surface area contributed by atoms with Crippen molar-refractivity contribution in [3.63, 3.8) is 0 Å². The molecule has 15 nitrogen and oxygen atoms in total. The summed E-state index contributed by atoms with van der Waals surface area (Å²) in [6, 6.07) is 7.62. The van der Waals surface area contributed by atoms with E-state index in [9.17, 15) is 18.0 Å². The van der Waals surface area contributed by atoms with E-state index in [1.807, 2.05) is 29.0 Å². The number of rotatable bonds is 8. The first-order valence-electron chi connectivity index (χ1n) is 12.5. The molecule has 0 bridgehead atoms. The first kappa shape index (κ1) is 26.4. The largest absolute Gasteiger partial charge is 0.369 e. The first-order chi connectivity index (χ1) is 19.0. The molecule has 16 heteroatoms. The lowest BCUT2D eigenvalue weighted by molar-refractivity contribution is -0.198. The topological polar surface area (TPSA) is 206 Å². The maximum Gasteiger partial charge on any atom is 0.362 e. The Labute approximate surface area is 227 Å². The molecule has 4 atom stereocenters. The molecule has 0 radical (unpaired) electrons. The second kappa shape index (κ2) is 9.67. The number of amides is 1. The molecule has 5 N–H and O–H groups in total. The minimum absolute atomic E-state index is 0.0464. The second-order valence-corrected chi connectivity index (χ2v) is 11.4. The van der Waals surface area contributed by atoms with Gasteiger partial charge in [-0.3, -0.25) is 23.3 Å². The Bertz CT molecular complexity index is 1760. The molecule has 40 heavy (non-hydrogen) atoms. The van der Waals surface area contributed by atoms with Crippen molar-refractivity contribution in [1.82, 2.24) is 29.2 Å². The van der Waals surface area contributed by atoms with Crippen LogP contribution in [0, 0.1) is 0 Å². The smallest absolute Gasteiger partial charge is 0.362 e. The SMILES string of the molecule is CC1(C)OC2[C@@H](COS(=O)(=O)NC(=O)CCc3c[nH]c4ccccc34)O[C@@H](n3cnc4c(=O)[nH]c(N)nc43)[C@H]2O1. The van der Waals surface area contributed by atoms with Crippen molar-refractivity contribution in [1.29, 1.82) is 0 Å². The minimum atomic E-state index is -4.45. The number of hydrogen-bond donors (Lipinski definition) is 4. The molecule has 2 aliphatic heterocycles. The van der Waals surface area contributed by atoms with Crippen LogP contribution in [-0.2, 0) is 39.9 Å². The Balaban J connectivity index is 1.13. The number of aromatic amines is 2. The van der Waals surface area contributed by atoms with Gasteiger partial charge < -0.3 is 24.9 Å². The molecule has 6 rings (SSSR count). The molecule has 1 unspecified atom stereocenters. The monoisotopic (exact) mass is 573 g/mol. The number of benzene rings is 1. The van der Waals surface area contributed by atoms with Crippen molar-refractivity contribution in [2.75, 3.05) is 12.3 Å². The van der Waals surface area contributed by atoms with Gasteiger partial charge in [0.05, 0.1) is 12.9 Å². The number of aryl methyl sites for hydroxylation is 1. The lowest BCUT2D eigenvalue weighted by Gasteiger charge is -2.24. The lowest BCUT2D eigenvalue weighted by Crippen LogP contribution is -2.37. The van der Waals surface area contributed by atoms with Crippen LogP contribution in [0.25, 0.3) is 22.1 Å². The molecule has 0 spiro atoms. The van der Waals surface area contributed by atoms with E-state index in [-0.39, 0.29) is 23.5 Å². The minimum Gasteiger partial charge on any atom is -0.369 e. The van der Waals surface area contributed by atoms with Crippen molar-refractivity contribution >= 4 is 44.2 Å². The van der Waals surface area contributed by atoms with Crippen LogP contribution >= 0.6 is 0 Å². The van der Waals surface area contributed by atoms with E-state index >= 15 is 0 Å². The summed E-state index contributed by atoms with van der Waals surface area (Å²) in [7, 11) is -4.45. The number of nitrogens with two attached hydrogens (primary N) is 1. The number of nitrogen functional groups attached to an aromatic ring is 1. The van der Waals surface area contributed by atoms with Gasteiger partial charge in [0.25, 0.3) is 5.56 Å². The molecule has 2 fully saturated rings. The number of nitrogens with one attached hydrogen (secondary N) is 3. The van der Waals surface area contributed by atoms with Crippen molar-refractivity contribution in [2.45, 2.75) is 57.0 Å². The number of carbonyl (C=O) groups excluding carboxylic acids is 1. The van der Waals surface area contributed by atoms with Gasteiger partial charge in [-0.05, 0) is 31.9 Å². The van der Waals surface area contributed by atoms with Crippen molar-refractivity contribution in [2.24, 2.45) is 0 Å². The summed E-state index contributed by atoms with van der Waals surface area (Å²) in [5.74, 6) is -1.83. The number of aromatic nitrogens is 5. The Hall–Kier alpha value is -3.83. The average molecular weight is 574 g/mol. The number of H-pyrrole nitrogens is 2. The highest BCUT2D eigenvalue weighted by molar-refractivity contribution is 7.85. The van der Waals surface area contributed by atoms with Crippen LogP contribution < -0.4 is 16.0 Å². The Morgan fingerprint density at radius 1 is 1.25 bits per heavy atom. The average Bonchev–Trinajstić information content (AvgIpc) is 3.63. The summed E-state index contributed by atoms with van der Waals surface area (Å²) < 4.78 is 51.8. The van der Waals surface area contributed by atoms with Crippen LogP contribution in [0.3, 0.4) is 0 Å². The summed E-state index contributed by atoms with van der Waals surface area (Å²) in [5.41, 5.74) is 7.22. The molecule has 3 aromatic heterocycles. The van der Waals surface area contributed by atoms with Crippen LogP contribution in [0.4, 0.5) is 5.95 Å². The van der Waals surface area contributed by atoms with Crippen LogP contribution in [0.2, 0.25) is 0 Å². The zero-order valence-electron chi connectivity index (χ0n) is 21.5. The predicted octanol–water partition coefficient (Wildman–Crippen LogP) is 0.611. The number of anilines is 1. The summed E-state index contributed by atoms with van der Waals surface area (Å²) >= 11 is 0. The van der Waals surface area contributed by atoms with Gasteiger partial charge in [-0.2, -0.15) is 13.4 Å². The molecule has 0 saturated carbocycles. The van der Waals surface area contributed by atoms with Gasteiger partial charge in [0.1, 0.15) is 18.3 Å². The van der Waals surface area contributed by atoms with Gasteiger partial charge >= 0.3 is 10.3 Å². The fraction of sp³-hybridized carbons (Fsp3) is 0.417. The highest BCUT2D eigenvalue weighted by atomic mass is 32.2. The quantitative estimate of drug-likeness (QED) is 0.230. The van der Waals surface area contributed by atoms with Crippen LogP contribution in [0.15, 0.2) is 41.6 Å². The van der Waals surface area contributed by atoms with Crippen molar-refractivity contribution in [3.05, 3.63) is 52.7 Å². The normalized spacial score (nSPS) is 24.1. The highest BCUT2D eigenvalue weighted by Gasteiger charge is 2.56. The van der Waals surface area contributed by atoms with E-state index in [1.165, 1.54) is 10.9 Å². The zero-order valence-corrected chi connectivity index (χ0v) is 22.3. The fourth-order valence-corrected chi connectivity index (χ4v) is 5.86. The summed E-state index contributed by atoms with van der Waals surface area (Å²) in [6.45, 7) is 2.95. The van der Waals surface area contributed by atoms with Crippen molar-refractivity contribution < 1.29 is 31.6 Å². The molecule has 0 aliphatic carbocycles. The molecule has 2 saturated heterocycles. The molecule has 1 amide bonds. The standard InChI is InChI=1S/C24H27N7O8S/c1-24(2)38-18-15(37-22(19(18)39-24)31-11-27-17-20(31)28-23(25)29-21(17)33)10-36-40(34,35)30-16(32)8-7-12-9-26-14-6-4-3-5-13(12)14/h3-6,9,11,15,18-19,22,26H,7-8,10H2,1-2H3,(H,30,32)(H3,25,28,29,33)/t15-,18?,19+,22-/m1/s1. The number of para-hydroxylation sites is 1. The first-order valence-corrected chi connectivity index (χ1v) is 13.9. The maximum absolute atomic E-state index is 12.6. The molecule has 5 heterocycles. The molecule has 212 valence electrons. The zero-order chi connectivity index (χ0) is 28.2. The van der Waals surface area contributed by atoms with Gasteiger partial charge in [0.15, 0.2) is 23.2 Å². The van der Waals surface area contributed by atoms with Gasteiger partial charge in [-0.1, -0.05) is 18.2 Å². The van der Waals surface area contributed by atoms with Crippen LogP contribution in [0.1, 0.15) is 32.1 Å². The summed E-state index contributed by atoms with van der Waals surface area (Å²) in [6.07, 6.45) is 0.188. The fourth-order valence-electron chi connectivity index (χ4n) is 5.11.